The molecule has 2 atom stereocenters. The van der Waals surface area contributed by atoms with Gasteiger partial charge in [-0.15, -0.1) is 11.6 Å². The molecule has 0 amide bonds. The standard InChI is InChI=1S/C11H10ClF2NO2/c12-2-1-10(16)11(17)7-4-8(13)6(5-15)3-9(7)14/h3-4,10-11,16-17H,1-2H2. The molecule has 6 heteroatoms. The summed E-state index contributed by atoms with van der Waals surface area (Å²) >= 11 is 5.36. The fourth-order valence-electron chi connectivity index (χ4n) is 1.35. The summed E-state index contributed by atoms with van der Waals surface area (Å²) in [6, 6.07) is 2.86. The monoisotopic (exact) mass is 261 g/mol. The van der Waals surface area contributed by atoms with Crippen molar-refractivity contribution in [3.63, 3.8) is 0 Å². The number of rotatable bonds is 4. The topological polar surface area (TPSA) is 64.2 Å². The third-order valence-electron chi connectivity index (χ3n) is 2.29. The number of nitrogens with zero attached hydrogens (tertiary/aromatic N) is 1. The zero-order valence-corrected chi connectivity index (χ0v) is 9.46. The average molecular weight is 262 g/mol. The minimum Gasteiger partial charge on any atom is -0.390 e. The van der Waals surface area contributed by atoms with Gasteiger partial charge >= 0.3 is 0 Å². The molecular weight excluding hydrogens is 252 g/mol. The summed E-state index contributed by atoms with van der Waals surface area (Å²) in [5.74, 6) is -1.80. The number of aliphatic hydroxyl groups excluding tert-OH is 2. The molecule has 1 rings (SSSR count). The normalized spacial score (nSPS) is 14.1. The van der Waals surface area contributed by atoms with Crippen LogP contribution in [0.4, 0.5) is 8.78 Å². The lowest BCUT2D eigenvalue weighted by atomic mass is 10.0. The zero-order chi connectivity index (χ0) is 13.0. The van der Waals surface area contributed by atoms with Crippen molar-refractivity contribution in [3.8, 4) is 6.07 Å². The van der Waals surface area contributed by atoms with Crippen LogP contribution in [0, 0.1) is 23.0 Å². The Morgan fingerprint density at radius 3 is 2.47 bits per heavy atom. The molecule has 0 saturated heterocycles. The molecule has 92 valence electrons. The molecule has 1 aromatic carbocycles. The molecule has 0 fully saturated rings. The van der Waals surface area contributed by atoms with E-state index < -0.39 is 29.4 Å². The molecule has 0 spiro atoms. The second kappa shape index (κ2) is 5.92. The van der Waals surface area contributed by atoms with Crippen LogP contribution in [-0.4, -0.2) is 22.2 Å². The first kappa shape index (κ1) is 13.8. The van der Waals surface area contributed by atoms with Crippen molar-refractivity contribution < 1.29 is 19.0 Å². The number of hydrogen-bond donors (Lipinski definition) is 2. The summed E-state index contributed by atoms with van der Waals surface area (Å²) in [7, 11) is 0. The number of halogens is 3. The van der Waals surface area contributed by atoms with Crippen molar-refractivity contribution in [2.24, 2.45) is 0 Å². The lowest BCUT2D eigenvalue weighted by Gasteiger charge is -2.18. The van der Waals surface area contributed by atoms with Crippen molar-refractivity contribution in [1.82, 2.24) is 0 Å². The molecule has 0 saturated carbocycles. The van der Waals surface area contributed by atoms with E-state index in [1.54, 1.807) is 0 Å². The first-order valence-electron chi connectivity index (χ1n) is 4.82. The van der Waals surface area contributed by atoms with Gasteiger partial charge in [-0.05, 0) is 18.6 Å². The first-order valence-corrected chi connectivity index (χ1v) is 5.35. The van der Waals surface area contributed by atoms with E-state index in [-0.39, 0.29) is 17.9 Å². The largest absolute Gasteiger partial charge is 0.390 e. The van der Waals surface area contributed by atoms with Gasteiger partial charge in [-0.25, -0.2) is 8.78 Å². The highest BCUT2D eigenvalue weighted by Crippen LogP contribution is 2.24. The number of hydrogen-bond acceptors (Lipinski definition) is 3. The van der Waals surface area contributed by atoms with Crippen LogP contribution in [0.1, 0.15) is 23.7 Å². The van der Waals surface area contributed by atoms with Crippen molar-refractivity contribution in [2.45, 2.75) is 18.6 Å². The van der Waals surface area contributed by atoms with Gasteiger partial charge in [0, 0.05) is 11.4 Å². The van der Waals surface area contributed by atoms with Gasteiger partial charge in [-0.2, -0.15) is 5.26 Å². The van der Waals surface area contributed by atoms with Crippen molar-refractivity contribution in [1.29, 1.82) is 5.26 Å². The molecule has 1 aromatic rings. The maximum atomic E-state index is 13.4. The lowest BCUT2D eigenvalue weighted by molar-refractivity contribution is 0.0147. The van der Waals surface area contributed by atoms with Crippen LogP contribution in [0.25, 0.3) is 0 Å². The van der Waals surface area contributed by atoms with Crippen molar-refractivity contribution in [3.05, 3.63) is 34.9 Å². The third kappa shape index (κ3) is 3.13. The summed E-state index contributed by atoms with van der Waals surface area (Å²) in [5, 5.41) is 27.5. The van der Waals surface area contributed by atoms with E-state index in [2.05, 4.69) is 0 Å². The van der Waals surface area contributed by atoms with Gasteiger partial charge in [0.15, 0.2) is 0 Å². The molecule has 0 aliphatic carbocycles. The van der Waals surface area contributed by atoms with Gasteiger partial charge in [0.25, 0.3) is 0 Å². The Kier molecular flexibility index (Phi) is 4.82. The highest BCUT2D eigenvalue weighted by atomic mass is 35.5. The number of aliphatic hydroxyl groups is 2. The van der Waals surface area contributed by atoms with E-state index in [1.165, 1.54) is 6.07 Å². The zero-order valence-electron chi connectivity index (χ0n) is 8.70. The summed E-state index contributed by atoms with van der Waals surface area (Å²) in [6.07, 6.45) is -2.81. The Bertz CT molecular complexity index is 448. The van der Waals surface area contributed by atoms with Gasteiger partial charge in [0.1, 0.15) is 23.8 Å². The Morgan fingerprint density at radius 1 is 1.29 bits per heavy atom. The second-order valence-corrected chi connectivity index (χ2v) is 3.83. The van der Waals surface area contributed by atoms with E-state index in [0.717, 1.165) is 0 Å². The van der Waals surface area contributed by atoms with E-state index in [9.17, 15) is 19.0 Å². The fraction of sp³-hybridized carbons (Fsp3) is 0.364. The predicted octanol–water partition coefficient (Wildman–Crippen LogP) is 1.86. The molecule has 17 heavy (non-hydrogen) atoms. The molecule has 0 heterocycles. The third-order valence-corrected chi connectivity index (χ3v) is 2.51. The molecule has 2 N–H and O–H groups in total. The highest BCUT2D eigenvalue weighted by molar-refractivity contribution is 6.17. The fourth-order valence-corrected chi connectivity index (χ4v) is 1.58. The Hall–Kier alpha value is -1.22. The second-order valence-electron chi connectivity index (χ2n) is 3.46. The molecule has 0 aliphatic heterocycles. The number of nitriles is 1. The average Bonchev–Trinajstić information content (AvgIpc) is 2.31. The Labute approximate surface area is 102 Å². The molecular formula is C11H10ClF2NO2. The van der Waals surface area contributed by atoms with E-state index in [1.807, 2.05) is 0 Å². The van der Waals surface area contributed by atoms with Crippen LogP contribution in [0.3, 0.4) is 0 Å². The van der Waals surface area contributed by atoms with Crippen LogP contribution in [-0.2, 0) is 0 Å². The van der Waals surface area contributed by atoms with Crippen molar-refractivity contribution in [2.75, 3.05) is 5.88 Å². The van der Waals surface area contributed by atoms with Crippen LogP contribution < -0.4 is 0 Å². The summed E-state index contributed by atoms with van der Waals surface area (Å²) in [4.78, 5) is 0. The SMILES string of the molecule is N#Cc1cc(F)c(C(O)C(O)CCCl)cc1F. The van der Waals surface area contributed by atoms with Gasteiger partial charge in [-0.1, -0.05) is 0 Å². The predicted molar refractivity (Wildman–Crippen MR) is 57.4 cm³/mol. The van der Waals surface area contributed by atoms with Gasteiger partial charge in [0.05, 0.1) is 11.7 Å². The van der Waals surface area contributed by atoms with E-state index in [0.29, 0.717) is 12.1 Å². The number of benzene rings is 1. The van der Waals surface area contributed by atoms with E-state index >= 15 is 0 Å². The number of alkyl halides is 1. The minimum absolute atomic E-state index is 0.0454. The smallest absolute Gasteiger partial charge is 0.141 e. The van der Waals surface area contributed by atoms with Gasteiger partial charge < -0.3 is 10.2 Å². The maximum absolute atomic E-state index is 13.4. The Morgan fingerprint density at radius 2 is 1.94 bits per heavy atom. The quantitative estimate of drug-likeness (QED) is 0.813. The maximum Gasteiger partial charge on any atom is 0.141 e. The molecule has 2 unspecified atom stereocenters. The highest BCUT2D eigenvalue weighted by Gasteiger charge is 2.23. The first-order chi connectivity index (χ1) is 8.01. The Balaban J connectivity index is 3.07. The van der Waals surface area contributed by atoms with Crippen LogP contribution in [0.15, 0.2) is 12.1 Å². The molecule has 0 aromatic heterocycles. The summed E-state index contributed by atoms with van der Waals surface area (Å²) < 4.78 is 26.7. The molecule has 0 bridgehead atoms. The van der Waals surface area contributed by atoms with Crippen LogP contribution >= 0.6 is 11.6 Å². The van der Waals surface area contributed by atoms with E-state index in [4.69, 9.17) is 16.9 Å². The lowest BCUT2D eigenvalue weighted by Crippen LogP contribution is -2.20. The molecule has 0 radical (unpaired) electrons. The summed E-state index contributed by atoms with van der Waals surface area (Å²) in [5.41, 5.74) is -0.843. The van der Waals surface area contributed by atoms with Crippen LogP contribution in [0.2, 0.25) is 0 Å². The van der Waals surface area contributed by atoms with Gasteiger partial charge in [-0.3, -0.25) is 0 Å². The minimum atomic E-state index is -1.57. The summed E-state index contributed by atoms with van der Waals surface area (Å²) in [6.45, 7) is 0. The van der Waals surface area contributed by atoms with Gasteiger partial charge in [0.2, 0.25) is 0 Å². The van der Waals surface area contributed by atoms with Crippen molar-refractivity contribution >= 4 is 11.6 Å². The van der Waals surface area contributed by atoms with Crippen LogP contribution in [0.5, 0.6) is 0 Å². The molecule has 3 nitrogen and oxygen atoms in total. The molecule has 0 aliphatic rings.